The van der Waals surface area contributed by atoms with Gasteiger partial charge in [-0.3, -0.25) is 4.79 Å². The second-order valence-corrected chi connectivity index (χ2v) is 6.95. The lowest BCUT2D eigenvalue weighted by molar-refractivity contribution is -0.117. The smallest absolute Gasteiger partial charge is 0.244 e. The fraction of sp³-hybridized carbons (Fsp3) is 0.286. The number of ether oxygens (including phenoxy) is 1. The van der Waals surface area contributed by atoms with Gasteiger partial charge in [-0.2, -0.15) is 0 Å². The number of rotatable bonds is 5. The zero-order chi connectivity index (χ0) is 20.1. The number of amides is 1. The molecular weight excluding hydrogens is 386 g/mol. The maximum Gasteiger partial charge on any atom is 0.244 e. The summed E-state index contributed by atoms with van der Waals surface area (Å²) in [5.41, 5.74) is 1.85. The van der Waals surface area contributed by atoms with Crippen molar-refractivity contribution < 1.29 is 18.3 Å². The molecule has 1 aliphatic heterocycles. The van der Waals surface area contributed by atoms with Crippen LogP contribution in [0.4, 0.5) is 14.5 Å². The van der Waals surface area contributed by atoms with Gasteiger partial charge in [0.2, 0.25) is 5.91 Å². The number of hydrogen-bond donors (Lipinski definition) is 1. The molecule has 28 heavy (non-hydrogen) atoms. The fourth-order valence-electron chi connectivity index (χ4n) is 2.99. The number of nitrogens with zero attached hydrogens (tertiary/aromatic N) is 1. The summed E-state index contributed by atoms with van der Waals surface area (Å²) >= 11 is 5.95. The average Bonchev–Trinajstić information content (AvgIpc) is 2.68. The molecule has 2 aromatic rings. The Kier molecular flexibility index (Phi) is 6.65. The van der Waals surface area contributed by atoms with Gasteiger partial charge in [0.15, 0.2) is 0 Å². The van der Waals surface area contributed by atoms with Crippen LogP contribution in [0.15, 0.2) is 42.5 Å². The molecule has 4 nitrogen and oxygen atoms in total. The molecular formula is C21H21ClF2N2O2. The average molecular weight is 407 g/mol. The molecule has 0 spiro atoms. The van der Waals surface area contributed by atoms with Gasteiger partial charge in [0.25, 0.3) is 0 Å². The Hall–Kier alpha value is -2.44. The highest BCUT2D eigenvalue weighted by Crippen LogP contribution is 2.25. The Labute approximate surface area is 167 Å². The predicted octanol–water partition coefficient (Wildman–Crippen LogP) is 4.35. The van der Waals surface area contributed by atoms with Crippen LogP contribution in [0, 0.1) is 11.6 Å². The van der Waals surface area contributed by atoms with E-state index in [2.05, 4.69) is 5.32 Å². The summed E-state index contributed by atoms with van der Waals surface area (Å²) in [6, 6.07) is 8.47. The van der Waals surface area contributed by atoms with Gasteiger partial charge in [-0.25, -0.2) is 8.78 Å². The summed E-state index contributed by atoms with van der Waals surface area (Å²) in [6.07, 6.45) is 2.86. The van der Waals surface area contributed by atoms with Crippen LogP contribution < -0.4 is 10.2 Å². The third kappa shape index (κ3) is 5.09. The maximum atomic E-state index is 14.2. The summed E-state index contributed by atoms with van der Waals surface area (Å²) in [5.74, 6) is -1.06. The lowest BCUT2D eigenvalue weighted by Crippen LogP contribution is -2.37. The van der Waals surface area contributed by atoms with Crippen LogP contribution in [0.3, 0.4) is 0 Å². The number of hydrogen-bond acceptors (Lipinski definition) is 3. The number of carbonyl (C=O) groups is 1. The summed E-state index contributed by atoms with van der Waals surface area (Å²) < 4.78 is 32.6. The molecule has 1 N–H and O–H groups in total. The van der Waals surface area contributed by atoms with E-state index < -0.39 is 5.82 Å². The van der Waals surface area contributed by atoms with Crippen molar-refractivity contribution in [3.8, 4) is 0 Å². The third-order valence-corrected chi connectivity index (χ3v) is 4.88. The zero-order valence-corrected chi connectivity index (χ0v) is 16.2. The number of nitrogens with one attached hydrogen (secondary N) is 1. The van der Waals surface area contributed by atoms with Gasteiger partial charge in [0.1, 0.15) is 11.6 Å². The van der Waals surface area contributed by atoms with E-state index in [9.17, 15) is 13.6 Å². The molecule has 3 rings (SSSR count). The van der Waals surface area contributed by atoms with Crippen LogP contribution in [-0.2, 0) is 9.53 Å². The number of anilines is 1. The summed E-state index contributed by atoms with van der Waals surface area (Å²) in [4.78, 5) is 14.2. The predicted molar refractivity (Wildman–Crippen MR) is 106 cm³/mol. The van der Waals surface area contributed by atoms with Gasteiger partial charge in [-0.15, -0.1) is 0 Å². The van der Waals surface area contributed by atoms with Gasteiger partial charge in [0, 0.05) is 19.2 Å². The van der Waals surface area contributed by atoms with Gasteiger partial charge < -0.3 is 15.0 Å². The van der Waals surface area contributed by atoms with Gasteiger partial charge >= 0.3 is 0 Å². The van der Waals surface area contributed by atoms with Crippen molar-refractivity contribution in [2.45, 2.75) is 13.0 Å². The zero-order valence-electron chi connectivity index (χ0n) is 15.4. The number of halogens is 3. The van der Waals surface area contributed by atoms with E-state index >= 15 is 0 Å². The van der Waals surface area contributed by atoms with Crippen LogP contribution >= 0.6 is 11.6 Å². The first-order valence-corrected chi connectivity index (χ1v) is 9.37. The first-order valence-electron chi connectivity index (χ1n) is 9.00. The molecule has 1 fully saturated rings. The van der Waals surface area contributed by atoms with Crippen LogP contribution in [0.25, 0.3) is 6.08 Å². The third-order valence-electron chi connectivity index (χ3n) is 4.56. The van der Waals surface area contributed by atoms with Crippen LogP contribution in [0.5, 0.6) is 0 Å². The molecule has 0 radical (unpaired) electrons. The van der Waals surface area contributed by atoms with Crippen molar-refractivity contribution in [1.29, 1.82) is 0 Å². The van der Waals surface area contributed by atoms with E-state index in [1.807, 2.05) is 11.8 Å². The molecule has 148 valence electrons. The minimum atomic E-state index is -0.437. The summed E-state index contributed by atoms with van der Waals surface area (Å²) in [5, 5.41) is 3.07. The van der Waals surface area contributed by atoms with Gasteiger partial charge in [-0.1, -0.05) is 23.7 Å². The van der Waals surface area contributed by atoms with Crippen LogP contribution in [-0.4, -0.2) is 32.2 Å². The summed E-state index contributed by atoms with van der Waals surface area (Å²) in [6.45, 7) is 4.21. The first kappa shape index (κ1) is 20.3. The molecule has 2 aromatic carbocycles. The van der Waals surface area contributed by atoms with Crippen molar-refractivity contribution in [2.24, 2.45) is 0 Å². The second kappa shape index (κ2) is 9.17. The number of benzene rings is 2. The highest BCUT2D eigenvalue weighted by Gasteiger charge is 2.17. The number of carbonyl (C=O) groups excluding carboxylic acids is 1. The molecule has 1 saturated heterocycles. The molecule has 0 bridgehead atoms. The van der Waals surface area contributed by atoms with E-state index in [0.717, 1.165) is 5.56 Å². The normalized spacial score (nSPS) is 15.6. The maximum absolute atomic E-state index is 14.2. The van der Waals surface area contributed by atoms with Crippen LogP contribution in [0.2, 0.25) is 5.02 Å². The SMILES string of the molecule is CC(NC(=O)C=Cc1ccc(F)cc1Cl)c1ccc(F)c(N2CCOCC2)c1. The molecule has 7 heteroatoms. The lowest BCUT2D eigenvalue weighted by Gasteiger charge is -2.29. The van der Waals surface area contributed by atoms with Crippen molar-refractivity contribution >= 4 is 29.3 Å². The van der Waals surface area contributed by atoms with E-state index in [1.165, 1.54) is 36.4 Å². The fourth-order valence-corrected chi connectivity index (χ4v) is 3.22. The minimum Gasteiger partial charge on any atom is -0.378 e. The molecule has 1 unspecified atom stereocenters. The Morgan fingerprint density at radius 2 is 1.96 bits per heavy atom. The van der Waals surface area contributed by atoms with Crippen molar-refractivity contribution in [1.82, 2.24) is 5.32 Å². The van der Waals surface area contributed by atoms with Gasteiger partial charge in [0.05, 0.1) is 30.0 Å². The Morgan fingerprint density at radius 1 is 1.21 bits per heavy atom. The Morgan fingerprint density at radius 3 is 2.68 bits per heavy atom. The molecule has 0 aliphatic carbocycles. The van der Waals surface area contributed by atoms with Crippen LogP contribution in [0.1, 0.15) is 24.1 Å². The molecule has 1 atom stereocenters. The molecule has 0 saturated carbocycles. The highest BCUT2D eigenvalue weighted by molar-refractivity contribution is 6.32. The topological polar surface area (TPSA) is 41.6 Å². The summed E-state index contributed by atoms with van der Waals surface area (Å²) in [7, 11) is 0. The van der Waals surface area contributed by atoms with E-state index in [4.69, 9.17) is 16.3 Å². The van der Waals surface area contributed by atoms with Gasteiger partial charge in [-0.05, 0) is 48.4 Å². The molecule has 1 amide bonds. The second-order valence-electron chi connectivity index (χ2n) is 6.54. The quantitative estimate of drug-likeness (QED) is 0.751. The standard InChI is InChI=1S/C21H21ClF2N2O2/c1-14(25-21(27)7-4-15-2-5-17(23)13-18(15)22)16-3-6-19(24)20(12-16)26-8-10-28-11-9-26/h2-7,12-14H,8-11H2,1H3,(H,25,27). The van der Waals surface area contributed by atoms with E-state index in [0.29, 0.717) is 37.6 Å². The lowest BCUT2D eigenvalue weighted by atomic mass is 10.1. The van der Waals surface area contributed by atoms with E-state index in [1.54, 1.807) is 12.1 Å². The largest absolute Gasteiger partial charge is 0.378 e. The molecule has 1 heterocycles. The first-order chi connectivity index (χ1) is 13.4. The van der Waals surface area contributed by atoms with Crippen molar-refractivity contribution in [3.05, 3.63) is 70.3 Å². The highest BCUT2D eigenvalue weighted by atomic mass is 35.5. The number of morpholine rings is 1. The minimum absolute atomic E-state index is 0.228. The molecule has 1 aliphatic rings. The monoisotopic (exact) mass is 406 g/mol. The Balaban J connectivity index is 1.67. The van der Waals surface area contributed by atoms with E-state index in [-0.39, 0.29) is 22.8 Å². The molecule has 0 aromatic heterocycles. The Bertz CT molecular complexity index is 883. The van der Waals surface area contributed by atoms with Crippen molar-refractivity contribution in [3.63, 3.8) is 0 Å². The van der Waals surface area contributed by atoms with Crippen molar-refractivity contribution in [2.75, 3.05) is 31.2 Å².